The van der Waals surface area contributed by atoms with E-state index in [2.05, 4.69) is 10.6 Å². The highest BCUT2D eigenvalue weighted by molar-refractivity contribution is 7.99. The van der Waals surface area contributed by atoms with Crippen molar-refractivity contribution in [2.75, 3.05) is 12.8 Å². The number of thioether (sulfide) groups is 1. The Morgan fingerprint density at radius 1 is 1.35 bits per heavy atom. The highest BCUT2D eigenvalue weighted by Gasteiger charge is 2.36. The Labute approximate surface area is 107 Å². The molecule has 0 aliphatic rings. The number of carbonyl (C=O) groups is 2. The molecule has 0 fully saturated rings. The molecule has 1 atom stereocenters. The largest absolute Gasteiger partial charge is 0.480 e. The number of carboxylic acid groups (broad SMARTS) is 1. The zero-order valence-corrected chi connectivity index (χ0v) is 11.7. The van der Waals surface area contributed by atoms with Crippen molar-refractivity contribution in [3.05, 3.63) is 0 Å². The number of hydrogen-bond acceptors (Lipinski definition) is 3. The summed E-state index contributed by atoms with van der Waals surface area (Å²) in [4.78, 5) is 22.8. The number of rotatable bonds is 7. The van der Waals surface area contributed by atoms with Crippen molar-refractivity contribution in [2.45, 2.75) is 44.4 Å². The second-order valence-electron chi connectivity index (χ2n) is 3.98. The highest BCUT2D eigenvalue weighted by Crippen LogP contribution is 2.15. The SMILES string of the molecule is CCC(CC)(NC(=O)NCC(C)SC)C(=O)O. The van der Waals surface area contributed by atoms with Crippen LogP contribution in [0.15, 0.2) is 0 Å². The average molecular weight is 262 g/mol. The maximum atomic E-state index is 11.6. The third kappa shape index (κ3) is 4.85. The van der Waals surface area contributed by atoms with Crippen LogP contribution in [0.3, 0.4) is 0 Å². The van der Waals surface area contributed by atoms with Gasteiger partial charge >= 0.3 is 12.0 Å². The molecule has 0 saturated heterocycles. The fourth-order valence-electron chi connectivity index (χ4n) is 1.36. The smallest absolute Gasteiger partial charge is 0.329 e. The van der Waals surface area contributed by atoms with E-state index < -0.39 is 17.5 Å². The van der Waals surface area contributed by atoms with Crippen LogP contribution < -0.4 is 10.6 Å². The third-order valence-corrected chi connectivity index (χ3v) is 3.89. The molecule has 5 nitrogen and oxygen atoms in total. The highest BCUT2D eigenvalue weighted by atomic mass is 32.2. The molecule has 2 amide bonds. The van der Waals surface area contributed by atoms with Crippen LogP contribution in [0.4, 0.5) is 4.79 Å². The van der Waals surface area contributed by atoms with Crippen LogP contribution in [0, 0.1) is 0 Å². The van der Waals surface area contributed by atoms with Gasteiger partial charge in [-0.2, -0.15) is 11.8 Å². The lowest BCUT2D eigenvalue weighted by atomic mass is 9.93. The van der Waals surface area contributed by atoms with Crippen molar-refractivity contribution in [3.8, 4) is 0 Å². The van der Waals surface area contributed by atoms with E-state index in [0.717, 1.165) is 0 Å². The molecule has 0 radical (unpaired) electrons. The minimum Gasteiger partial charge on any atom is -0.480 e. The van der Waals surface area contributed by atoms with Gasteiger partial charge in [-0.25, -0.2) is 9.59 Å². The van der Waals surface area contributed by atoms with Gasteiger partial charge in [0.05, 0.1) is 0 Å². The molecule has 0 aromatic heterocycles. The summed E-state index contributed by atoms with van der Waals surface area (Å²) >= 11 is 1.64. The van der Waals surface area contributed by atoms with Crippen molar-refractivity contribution >= 4 is 23.8 Å². The second-order valence-corrected chi connectivity index (χ2v) is 5.25. The Balaban J connectivity index is 4.37. The van der Waals surface area contributed by atoms with Crippen LogP contribution in [-0.4, -0.2) is 40.7 Å². The van der Waals surface area contributed by atoms with E-state index in [1.165, 1.54) is 0 Å². The average Bonchev–Trinajstić information content (AvgIpc) is 2.32. The van der Waals surface area contributed by atoms with Crippen molar-refractivity contribution in [1.82, 2.24) is 10.6 Å². The standard InChI is InChI=1S/C11H22N2O3S/c1-5-11(6-2,9(14)15)13-10(16)12-7-8(3)17-4/h8H,5-7H2,1-4H3,(H,14,15)(H2,12,13,16). The third-order valence-electron chi connectivity index (χ3n) is 2.92. The Kier molecular flexibility index (Phi) is 7.03. The molecule has 100 valence electrons. The van der Waals surface area contributed by atoms with Crippen LogP contribution in [-0.2, 0) is 4.79 Å². The maximum Gasteiger partial charge on any atom is 0.329 e. The molecule has 0 saturated carbocycles. The Bertz CT molecular complexity index is 267. The summed E-state index contributed by atoms with van der Waals surface area (Å²) in [7, 11) is 0. The number of carbonyl (C=O) groups excluding carboxylic acids is 1. The Morgan fingerprint density at radius 3 is 2.24 bits per heavy atom. The van der Waals surface area contributed by atoms with E-state index in [9.17, 15) is 9.59 Å². The first kappa shape index (κ1) is 16.1. The van der Waals surface area contributed by atoms with Crippen LogP contribution in [0.2, 0.25) is 0 Å². The minimum absolute atomic E-state index is 0.309. The number of nitrogens with one attached hydrogen (secondary N) is 2. The van der Waals surface area contributed by atoms with Crippen LogP contribution in [0.5, 0.6) is 0 Å². The maximum absolute atomic E-state index is 11.6. The summed E-state index contributed by atoms with van der Waals surface area (Å²) in [6.45, 7) is 6.02. The Morgan fingerprint density at radius 2 is 1.88 bits per heavy atom. The Hall–Kier alpha value is -0.910. The van der Waals surface area contributed by atoms with Gasteiger partial charge in [0, 0.05) is 11.8 Å². The number of carboxylic acids is 1. The summed E-state index contributed by atoms with van der Waals surface area (Å²) in [5.74, 6) is -0.990. The van der Waals surface area contributed by atoms with E-state index >= 15 is 0 Å². The second kappa shape index (κ2) is 7.42. The van der Waals surface area contributed by atoms with Crippen molar-refractivity contribution in [1.29, 1.82) is 0 Å². The van der Waals surface area contributed by atoms with Crippen molar-refractivity contribution in [3.63, 3.8) is 0 Å². The predicted molar refractivity (Wildman–Crippen MR) is 70.5 cm³/mol. The van der Waals surface area contributed by atoms with Crippen LogP contribution >= 0.6 is 11.8 Å². The number of amides is 2. The molecule has 0 rings (SSSR count). The van der Waals surface area contributed by atoms with Gasteiger partial charge in [-0.15, -0.1) is 0 Å². The minimum atomic E-state index is -1.16. The fraction of sp³-hybridized carbons (Fsp3) is 0.818. The molecule has 1 unspecified atom stereocenters. The fourth-order valence-corrected chi connectivity index (χ4v) is 1.61. The predicted octanol–water partition coefficient (Wildman–Crippen LogP) is 1.68. The van der Waals surface area contributed by atoms with E-state index in [4.69, 9.17) is 5.11 Å². The molecule has 0 aromatic carbocycles. The first-order valence-electron chi connectivity index (χ1n) is 5.74. The van der Waals surface area contributed by atoms with Gasteiger partial charge in [0.15, 0.2) is 0 Å². The lowest BCUT2D eigenvalue weighted by molar-refractivity contribution is -0.144. The topological polar surface area (TPSA) is 78.4 Å². The number of aliphatic carboxylic acids is 1. The van der Waals surface area contributed by atoms with Gasteiger partial charge < -0.3 is 15.7 Å². The van der Waals surface area contributed by atoms with E-state index in [0.29, 0.717) is 24.6 Å². The van der Waals surface area contributed by atoms with E-state index in [1.54, 1.807) is 25.6 Å². The van der Waals surface area contributed by atoms with Crippen molar-refractivity contribution < 1.29 is 14.7 Å². The zero-order chi connectivity index (χ0) is 13.5. The molecule has 0 heterocycles. The van der Waals surface area contributed by atoms with Crippen molar-refractivity contribution in [2.24, 2.45) is 0 Å². The summed E-state index contributed by atoms with van der Waals surface area (Å²) in [6, 6.07) is -0.419. The van der Waals surface area contributed by atoms with Crippen LogP contribution in [0.1, 0.15) is 33.6 Å². The quantitative estimate of drug-likeness (QED) is 0.652. The molecule has 0 aromatic rings. The lowest BCUT2D eigenvalue weighted by Crippen LogP contribution is -2.56. The number of hydrogen-bond donors (Lipinski definition) is 3. The lowest BCUT2D eigenvalue weighted by Gasteiger charge is -2.28. The molecule has 0 aliphatic carbocycles. The van der Waals surface area contributed by atoms with Gasteiger partial charge in [-0.3, -0.25) is 0 Å². The summed E-state index contributed by atoms with van der Waals surface area (Å²) < 4.78 is 0. The first-order valence-corrected chi connectivity index (χ1v) is 7.02. The van der Waals surface area contributed by atoms with Gasteiger partial charge in [-0.1, -0.05) is 20.8 Å². The normalized spacial score (nSPS) is 12.9. The monoisotopic (exact) mass is 262 g/mol. The zero-order valence-electron chi connectivity index (χ0n) is 10.9. The van der Waals surface area contributed by atoms with Gasteiger partial charge in [0.25, 0.3) is 0 Å². The summed E-state index contributed by atoms with van der Waals surface area (Å²) in [5.41, 5.74) is -1.16. The molecule has 0 spiro atoms. The van der Waals surface area contributed by atoms with Crippen LogP contribution in [0.25, 0.3) is 0 Å². The first-order chi connectivity index (χ1) is 7.91. The molecule has 3 N–H and O–H groups in total. The molecule has 0 aliphatic heterocycles. The summed E-state index contributed by atoms with van der Waals surface area (Å²) in [5, 5.41) is 14.7. The van der Waals surface area contributed by atoms with E-state index in [-0.39, 0.29) is 0 Å². The molecular weight excluding hydrogens is 240 g/mol. The van der Waals surface area contributed by atoms with Gasteiger partial charge in [0.2, 0.25) is 0 Å². The molecule has 0 bridgehead atoms. The summed E-state index contributed by atoms with van der Waals surface area (Å²) in [6.07, 6.45) is 2.69. The molecule has 17 heavy (non-hydrogen) atoms. The molecule has 6 heteroatoms. The van der Waals surface area contributed by atoms with E-state index in [1.807, 2.05) is 13.2 Å². The number of urea groups is 1. The van der Waals surface area contributed by atoms with Gasteiger partial charge in [0.1, 0.15) is 5.54 Å². The molecular formula is C11H22N2O3S. The van der Waals surface area contributed by atoms with Gasteiger partial charge in [-0.05, 0) is 19.1 Å².